The summed E-state index contributed by atoms with van der Waals surface area (Å²) < 4.78 is 17.7. The van der Waals surface area contributed by atoms with E-state index in [1.54, 1.807) is 6.07 Å². The molecule has 7 nitrogen and oxygen atoms in total. The molecule has 1 heterocycles. The number of anilines is 2. The fraction of sp³-hybridized carbons (Fsp3) is 0.133. The third kappa shape index (κ3) is 4.95. The van der Waals surface area contributed by atoms with Crippen molar-refractivity contribution in [3.63, 3.8) is 0 Å². The molecule has 0 aliphatic carbocycles. The van der Waals surface area contributed by atoms with Crippen molar-refractivity contribution in [2.75, 3.05) is 23.7 Å². The van der Waals surface area contributed by atoms with Crippen LogP contribution in [0.2, 0.25) is 0 Å². The molecule has 0 saturated carbocycles. The molecule has 3 amide bonds. The van der Waals surface area contributed by atoms with Crippen LogP contribution in [-0.4, -0.2) is 35.1 Å². The third-order valence-electron chi connectivity index (χ3n) is 2.75. The summed E-state index contributed by atoms with van der Waals surface area (Å²) >= 11 is 0. The number of urea groups is 1. The Labute approximate surface area is 131 Å². The molecule has 2 rings (SSSR count). The van der Waals surface area contributed by atoms with Gasteiger partial charge < -0.3 is 20.1 Å². The summed E-state index contributed by atoms with van der Waals surface area (Å²) in [5.41, 5.74) is 0.293. The first-order valence-corrected chi connectivity index (χ1v) is 6.71. The topological polar surface area (TPSA) is 87.5 Å². The van der Waals surface area contributed by atoms with Gasteiger partial charge in [-0.3, -0.25) is 4.79 Å². The zero-order valence-corrected chi connectivity index (χ0v) is 12.2. The van der Waals surface area contributed by atoms with E-state index < -0.39 is 17.8 Å². The van der Waals surface area contributed by atoms with Gasteiger partial charge in [-0.25, -0.2) is 9.18 Å². The molecule has 8 heteroatoms. The number of aromatic nitrogens is 1. The zero-order chi connectivity index (χ0) is 16.7. The number of nitrogens with zero attached hydrogens (tertiary/aromatic N) is 2. The smallest absolute Gasteiger partial charge is 0.322 e. The highest BCUT2D eigenvalue weighted by Crippen LogP contribution is 2.10. The second-order valence-corrected chi connectivity index (χ2v) is 4.54. The first kappa shape index (κ1) is 16.2. The van der Waals surface area contributed by atoms with Gasteiger partial charge in [0, 0.05) is 18.3 Å². The highest BCUT2D eigenvalue weighted by molar-refractivity contribution is 5.96. The van der Waals surface area contributed by atoms with Crippen LogP contribution in [0, 0.1) is 5.82 Å². The van der Waals surface area contributed by atoms with Crippen LogP contribution in [0.4, 0.5) is 20.7 Å². The molecule has 0 fully saturated rings. The Hall–Kier alpha value is -3.16. The summed E-state index contributed by atoms with van der Waals surface area (Å²) in [7, 11) is 0. The van der Waals surface area contributed by atoms with Crippen LogP contribution in [0.5, 0.6) is 0 Å². The third-order valence-corrected chi connectivity index (χ3v) is 2.75. The number of carbonyl (C=O) groups excluding carboxylic acids is 2. The molecule has 23 heavy (non-hydrogen) atoms. The van der Waals surface area contributed by atoms with E-state index in [4.69, 9.17) is 0 Å². The van der Waals surface area contributed by atoms with Crippen LogP contribution < -0.4 is 10.6 Å². The molecular weight excluding hydrogens is 303 g/mol. The second-order valence-electron chi connectivity index (χ2n) is 4.54. The van der Waals surface area contributed by atoms with Gasteiger partial charge in [-0.2, -0.15) is 0 Å². The number of hydrogen-bond acceptors (Lipinski definition) is 4. The van der Waals surface area contributed by atoms with Crippen LogP contribution in [0.3, 0.4) is 0 Å². The van der Waals surface area contributed by atoms with Gasteiger partial charge >= 0.3 is 6.03 Å². The van der Waals surface area contributed by atoms with Crippen molar-refractivity contribution < 1.29 is 18.5 Å². The van der Waals surface area contributed by atoms with E-state index in [1.807, 2.05) is 0 Å². The molecule has 1 aromatic heterocycles. The van der Waals surface area contributed by atoms with Crippen LogP contribution >= 0.6 is 0 Å². The van der Waals surface area contributed by atoms with Gasteiger partial charge in [-0.1, -0.05) is 17.3 Å². The molecule has 0 aliphatic rings. The molecule has 0 bridgehead atoms. The Bertz CT molecular complexity index is 688. The second kappa shape index (κ2) is 7.74. The maximum atomic E-state index is 13.1. The van der Waals surface area contributed by atoms with Gasteiger partial charge in [-0.15, -0.1) is 6.58 Å². The maximum absolute atomic E-state index is 13.1. The minimum absolute atomic E-state index is 0.146. The van der Waals surface area contributed by atoms with Crippen LogP contribution in [0.25, 0.3) is 0 Å². The maximum Gasteiger partial charge on any atom is 0.322 e. The summed E-state index contributed by atoms with van der Waals surface area (Å²) in [4.78, 5) is 25.3. The van der Waals surface area contributed by atoms with E-state index in [0.717, 1.165) is 0 Å². The molecule has 0 atom stereocenters. The number of halogens is 1. The van der Waals surface area contributed by atoms with Gasteiger partial charge in [-0.05, 0) is 18.2 Å². The van der Waals surface area contributed by atoms with Gasteiger partial charge in [0.25, 0.3) is 0 Å². The predicted octanol–water partition coefficient (Wildman–Crippen LogP) is 2.47. The Balaban J connectivity index is 1.97. The Morgan fingerprint density at radius 2 is 2.17 bits per heavy atom. The molecule has 0 spiro atoms. The normalized spacial score (nSPS) is 9.96. The molecule has 120 valence electrons. The van der Waals surface area contributed by atoms with Gasteiger partial charge in [0.15, 0.2) is 5.82 Å². The van der Waals surface area contributed by atoms with Crippen LogP contribution in [0.15, 0.2) is 53.8 Å². The lowest BCUT2D eigenvalue weighted by Gasteiger charge is -2.20. The van der Waals surface area contributed by atoms with Crippen molar-refractivity contribution in [2.24, 2.45) is 0 Å². The molecule has 0 unspecified atom stereocenters. The SMILES string of the molecule is C=CCN(CC(=O)Nc1ccon1)C(=O)Nc1cccc(F)c1. The Kier molecular flexibility index (Phi) is 5.45. The highest BCUT2D eigenvalue weighted by atomic mass is 19.1. The summed E-state index contributed by atoms with van der Waals surface area (Å²) in [6.07, 6.45) is 2.79. The number of carbonyl (C=O) groups is 2. The number of benzene rings is 1. The van der Waals surface area contributed by atoms with Crippen molar-refractivity contribution in [1.82, 2.24) is 10.1 Å². The minimum Gasteiger partial charge on any atom is -0.363 e. The highest BCUT2D eigenvalue weighted by Gasteiger charge is 2.17. The molecule has 0 saturated heterocycles. The molecule has 1 aromatic carbocycles. The van der Waals surface area contributed by atoms with Crippen LogP contribution in [0.1, 0.15) is 0 Å². The predicted molar refractivity (Wildman–Crippen MR) is 82.3 cm³/mol. The first-order valence-electron chi connectivity index (χ1n) is 6.71. The number of nitrogens with one attached hydrogen (secondary N) is 2. The van der Waals surface area contributed by atoms with Crippen molar-refractivity contribution in [1.29, 1.82) is 0 Å². The van der Waals surface area contributed by atoms with E-state index in [0.29, 0.717) is 5.69 Å². The summed E-state index contributed by atoms with van der Waals surface area (Å²) in [6.45, 7) is 3.47. The molecule has 0 radical (unpaired) electrons. The van der Waals surface area contributed by atoms with Gasteiger partial charge in [0.1, 0.15) is 18.6 Å². The summed E-state index contributed by atoms with van der Waals surface area (Å²) in [5, 5.41) is 8.54. The lowest BCUT2D eigenvalue weighted by molar-refractivity contribution is -0.116. The van der Waals surface area contributed by atoms with Crippen molar-refractivity contribution in [3.05, 3.63) is 55.1 Å². The lowest BCUT2D eigenvalue weighted by Crippen LogP contribution is -2.40. The van der Waals surface area contributed by atoms with Crippen LogP contribution in [-0.2, 0) is 4.79 Å². The van der Waals surface area contributed by atoms with E-state index in [2.05, 4.69) is 26.9 Å². The minimum atomic E-state index is -0.550. The summed E-state index contributed by atoms with van der Waals surface area (Å²) in [6, 6.07) is 6.39. The Morgan fingerprint density at radius 1 is 1.35 bits per heavy atom. The number of rotatable bonds is 6. The van der Waals surface area contributed by atoms with Crippen molar-refractivity contribution in [2.45, 2.75) is 0 Å². The monoisotopic (exact) mass is 318 g/mol. The van der Waals surface area contributed by atoms with Crippen molar-refractivity contribution >= 4 is 23.4 Å². The van der Waals surface area contributed by atoms with E-state index in [9.17, 15) is 14.0 Å². The van der Waals surface area contributed by atoms with Gasteiger partial charge in [0.2, 0.25) is 5.91 Å². The summed E-state index contributed by atoms with van der Waals surface area (Å²) in [5.74, 6) is -0.670. The fourth-order valence-electron chi connectivity index (χ4n) is 1.78. The van der Waals surface area contributed by atoms with Crippen molar-refractivity contribution in [3.8, 4) is 0 Å². The van der Waals surface area contributed by atoms with Gasteiger partial charge in [0.05, 0.1) is 0 Å². The average molecular weight is 318 g/mol. The van der Waals surface area contributed by atoms with E-state index in [-0.39, 0.29) is 18.9 Å². The van der Waals surface area contributed by atoms with E-state index >= 15 is 0 Å². The lowest BCUT2D eigenvalue weighted by atomic mass is 10.3. The molecule has 0 aliphatic heterocycles. The fourth-order valence-corrected chi connectivity index (χ4v) is 1.78. The largest absolute Gasteiger partial charge is 0.363 e. The zero-order valence-electron chi connectivity index (χ0n) is 12.2. The van der Waals surface area contributed by atoms with E-state index in [1.165, 1.54) is 41.5 Å². The molecular formula is C15H15FN4O3. The standard InChI is InChI=1S/C15H15FN4O3/c1-2-7-20(10-14(21)18-13-6-8-23-19-13)15(22)17-12-5-3-4-11(16)9-12/h2-6,8-9H,1,7,10H2,(H,17,22)(H,18,19,21). The Morgan fingerprint density at radius 3 is 2.83 bits per heavy atom. The number of amides is 3. The quantitative estimate of drug-likeness (QED) is 0.801. The average Bonchev–Trinajstić information content (AvgIpc) is 2.99. The molecule has 2 N–H and O–H groups in total. The first-order chi connectivity index (χ1) is 11.1. The molecule has 2 aromatic rings. The number of hydrogen-bond donors (Lipinski definition) is 2.